The maximum Gasteiger partial charge on any atom is 0.271 e. The fourth-order valence-electron chi connectivity index (χ4n) is 6.82. The second-order valence-electron chi connectivity index (χ2n) is 12.2. The Hall–Kier alpha value is -3.72. The number of benzene rings is 2. The molecule has 226 valence electrons. The summed E-state index contributed by atoms with van der Waals surface area (Å²) < 4.78 is 18.6. The number of piperidine rings is 1. The number of hydrogen-bond acceptors (Lipinski definition) is 6. The normalized spacial score (nSPS) is 22.6. The van der Waals surface area contributed by atoms with Crippen molar-refractivity contribution in [1.82, 2.24) is 19.7 Å². The molecule has 3 heterocycles. The van der Waals surface area contributed by atoms with Crippen LogP contribution < -0.4 is 19.5 Å². The molecule has 9 nitrogen and oxygen atoms in total. The maximum absolute atomic E-state index is 14.2. The van der Waals surface area contributed by atoms with Crippen LogP contribution >= 0.6 is 0 Å². The fraction of sp³-hybridized carbons (Fsp3) is 0.515. The number of fused-ring (bicyclic) bond motifs is 3. The first-order chi connectivity index (χ1) is 20.2. The largest absolute Gasteiger partial charge is 0.497 e. The molecule has 3 aromatic rings. The lowest BCUT2D eigenvalue weighted by molar-refractivity contribution is -0.133. The van der Waals surface area contributed by atoms with Gasteiger partial charge in [-0.1, -0.05) is 26.0 Å². The molecule has 1 saturated heterocycles. The summed E-state index contributed by atoms with van der Waals surface area (Å²) in [6, 6.07) is 13.2. The number of rotatable bonds is 10. The molecule has 2 aromatic carbocycles. The number of ether oxygens (including phenoxy) is 3. The van der Waals surface area contributed by atoms with Gasteiger partial charge in [-0.3, -0.25) is 9.59 Å². The Labute approximate surface area is 248 Å². The van der Waals surface area contributed by atoms with Crippen molar-refractivity contribution in [3.8, 4) is 17.2 Å². The fourth-order valence-corrected chi connectivity index (χ4v) is 6.82. The van der Waals surface area contributed by atoms with Crippen molar-refractivity contribution >= 4 is 22.7 Å². The highest BCUT2D eigenvalue weighted by Crippen LogP contribution is 2.38. The molecule has 3 atom stereocenters. The van der Waals surface area contributed by atoms with Crippen molar-refractivity contribution in [2.75, 3.05) is 47.5 Å². The lowest BCUT2D eigenvalue weighted by Gasteiger charge is -2.44. The maximum atomic E-state index is 14.2. The predicted octanol–water partition coefficient (Wildman–Crippen LogP) is 4.57. The first kappa shape index (κ1) is 29.8. The molecule has 0 aliphatic carbocycles. The van der Waals surface area contributed by atoms with Gasteiger partial charge in [-0.25, -0.2) is 0 Å². The summed E-state index contributed by atoms with van der Waals surface area (Å²) in [7, 11) is 4.79. The van der Waals surface area contributed by atoms with Crippen LogP contribution in [-0.2, 0) is 17.9 Å². The molecule has 0 saturated carbocycles. The second kappa shape index (κ2) is 12.3. The quantitative estimate of drug-likeness (QED) is 0.356. The molecule has 3 unspecified atom stereocenters. The van der Waals surface area contributed by atoms with Crippen LogP contribution in [0.15, 0.2) is 42.5 Å². The molecule has 0 bridgehead atoms. The van der Waals surface area contributed by atoms with Gasteiger partial charge < -0.3 is 33.9 Å². The zero-order chi connectivity index (χ0) is 30.0. The van der Waals surface area contributed by atoms with E-state index in [1.807, 2.05) is 54.0 Å². The summed E-state index contributed by atoms with van der Waals surface area (Å²) in [5.74, 6) is 2.84. The first-order valence-corrected chi connectivity index (χ1v) is 14.9. The summed E-state index contributed by atoms with van der Waals surface area (Å²) in [4.78, 5) is 32.5. The van der Waals surface area contributed by atoms with Gasteiger partial charge in [0, 0.05) is 36.7 Å². The van der Waals surface area contributed by atoms with Crippen molar-refractivity contribution in [1.29, 1.82) is 0 Å². The summed E-state index contributed by atoms with van der Waals surface area (Å²) >= 11 is 0. The van der Waals surface area contributed by atoms with Gasteiger partial charge in [0.15, 0.2) is 11.5 Å². The van der Waals surface area contributed by atoms with Crippen molar-refractivity contribution in [3.05, 3.63) is 53.7 Å². The monoisotopic (exact) mass is 576 g/mol. The van der Waals surface area contributed by atoms with Crippen LogP contribution in [0.2, 0.25) is 0 Å². The van der Waals surface area contributed by atoms with E-state index < -0.39 is 5.54 Å². The van der Waals surface area contributed by atoms with E-state index in [0.29, 0.717) is 47.9 Å². The highest BCUT2D eigenvalue weighted by atomic mass is 16.5. The van der Waals surface area contributed by atoms with E-state index in [0.717, 1.165) is 42.5 Å². The standard InChI is InChI=1S/C33H44N4O5/c1-22-15-23(2)19-35(18-22)14-8-13-34-32(39)33(3)21-36-27-17-26(40-4)12-11-24(27)16-28(36)31(38)37(33)20-25-9-7-10-29(41-5)30(25)42-6/h7,9-12,16-17,22-23H,8,13-15,18-21H2,1-6H3,(H,34,39). The van der Waals surface area contributed by atoms with Gasteiger partial charge in [-0.05, 0) is 62.4 Å². The number of nitrogens with zero attached hydrogens (tertiary/aromatic N) is 3. The van der Waals surface area contributed by atoms with E-state index in [2.05, 4.69) is 24.1 Å². The molecular formula is C33H44N4O5. The van der Waals surface area contributed by atoms with E-state index in [1.165, 1.54) is 6.42 Å². The van der Waals surface area contributed by atoms with E-state index in [4.69, 9.17) is 14.2 Å². The molecular weight excluding hydrogens is 532 g/mol. The molecule has 1 aromatic heterocycles. The molecule has 2 amide bonds. The van der Waals surface area contributed by atoms with Gasteiger partial charge in [0.2, 0.25) is 5.91 Å². The molecule has 0 spiro atoms. The Morgan fingerprint density at radius 2 is 1.79 bits per heavy atom. The number of hydrogen-bond donors (Lipinski definition) is 1. The number of aromatic nitrogens is 1. The number of methoxy groups -OCH3 is 3. The van der Waals surface area contributed by atoms with Gasteiger partial charge in [-0.2, -0.15) is 0 Å². The topological polar surface area (TPSA) is 85.3 Å². The number of amides is 2. The van der Waals surface area contributed by atoms with Crippen molar-refractivity contribution in [3.63, 3.8) is 0 Å². The molecule has 9 heteroatoms. The molecule has 1 fully saturated rings. The summed E-state index contributed by atoms with van der Waals surface area (Å²) in [5, 5.41) is 4.11. The van der Waals surface area contributed by atoms with Crippen molar-refractivity contribution < 1.29 is 23.8 Å². The number of likely N-dealkylation sites (tertiary alicyclic amines) is 1. The van der Waals surface area contributed by atoms with Gasteiger partial charge in [0.05, 0.1) is 39.9 Å². The highest BCUT2D eigenvalue weighted by molar-refractivity contribution is 6.03. The SMILES string of the molecule is COc1ccc2cc3n(c2c1)CC(C)(C(=O)NCCCN1CC(C)CC(C)C1)N(Cc1cccc(OC)c1OC)C3=O. The Morgan fingerprint density at radius 3 is 2.48 bits per heavy atom. The Balaban J connectivity index is 1.43. The van der Waals surface area contributed by atoms with Crippen molar-refractivity contribution in [2.24, 2.45) is 11.8 Å². The molecule has 1 N–H and O–H groups in total. The first-order valence-electron chi connectivity index (χ1n) is 14.9. The number of carbonyl (C=O) groups is 2. The Morgan fingerprint density at radius 1 is 1.02 bits per heavy atom. The van der Waals surface area contributed by atoms with E-state index in [-0.39, 0.29) is 18.4 Å². The third-order valence-electron chi connectivity index (χ3n) is 8.82. The zero-order valence-corrected chi connectivity index (χ0v) is 25.7. The summed E-state index contributed by atoms with van der Waals surface area (Å²) in [6.07, 6.45) is 2.13. The number of carbonyl (C=O) groups excluding carboxylic acids is 2. The van der Waals surface area contributed by atoms with Crippen LogP contribution in [-0.4, -0.2) is 79.2 Å². The van der Waals surface area contributed by atoms with Crippen LogP contribution in [0.3, 0.4) is 0 Å². The number of nitrogens with one attached hydrogen (secondary N) is 1. The molecule has 2 aliphatic heterocycles. The van der Waals surface area contributed by atoms with Gasteiger partial charge >= 0.3 is 0 Å². The lowest BCUT2D eigenvalue weighted by atomic mass is 9.92. The van der Waals surface area contributed by atoms with E-state index >= 15 is 0 Å². The van der Waals surface area contributed by atoms with Crippen LogP contribution in [0.1, 0.15) is 49.7 Å². The smallest absolute Gasteiger partial charge is 0.271 e. The van der Waals surface area contributed by atoms with Crippen LogP contribution in [0.25, 0.3) is 10.9 Å². The molecule has 5 rings (SSSR count). The van der Waals surface area contributed by atoms with Crippen LogP contribution in [0.5, 0.6) is 17.2 Å². The third-order valence-corrected chi connectivity index (χ3v) is 8.82. The summed E-state index contributed by atoms with van der Waals surface area (Å²) in [5.41, 5.74) is 1.02. The molecule has 42 heavy (non-hydrogen) atoms. The van der Waals surface area contributed by atoms with Gasteiger partial charge in [0.1, 0.15) is 17.0 Å². The predicted molar refractivity (Wildman–Crippen MR) is 163 cm³/mol. The third kappa shape index (κ3) is 5.67. The minimum atomic E-state index is -1.15. The second-order valence-corrected chi connectivity index (χ2v) is 12.2. The van der Waals surface area contributed by atoms with E-state index in [1.54, 1.807) is 26.2 Å². The van der Waals surface area contributed by atoms with Gasteiger partial charge in [-0.15, -0.1) is 0 Å². The Bertz CT molecular complexity index is 1440. The van der Waals surface area contributed by atoms with Gasteiger partial charge in [0.25, 0.3) is 5.91 Å². The van der Waals surface area contributed by atoms with E-state index in [9.17, 15) is 9.59 Å². The Kier molecular flexibility index (Phi) is 8.68. The summed E-state index contributed by atoms with van der Waals surface area (Å²) in [6.45, 7) is 10.7. The minimum Gasteiger partial charge on any atom is -0.497 e. The zero-order valence-electron chi connectivity index (χ0n) is 25.7. The number of para-hydroxylation sites is 1. The van der Waals surface area contributed by atoms with Crippen LogP contribution in [0.4, 0.5) is 0 Å². The molecule has 0 radical (unpaired) electrons. The average Bonchev–Trinajstić information content (AvgIpc) is 3.34. The van der Waals surface area contributed by atoms with Crippen LogP contribution in [0, 0.1) is 11.8 Å². The molecule has 2 aliphatic rings. The lowest BCUT2D eigenvalue weighted by Crippen LogP contribution is -2.63. The minimum absolute atomic E-state index is 0.173. The highest BCUT2D eigenvalue weighted by Gasteiger charge is 2.48. The van der Waals surface area contributed by atoms with Crippen molar-refractivity contribution in [2.45, 2.75) is 52.2 Å². The average molecular weight is 577 g/mol.